The largest absolute Gasteiger partial charge is 0.508 e. The number of aromatic hydroxyl groups is 1. The van der Waals surface area contributed by atoms with E-state index in [2.05, 4.69) is 10.1 Å². The Hall–Kier alpha value is -1.85. The van der Waals surface area contributed by atoms with Crippen molar-refractivity contribution in [3.63, 3.8) is 0 Å². The van der Waals surface area contributed by atoms with E-state index in [9.17, 15) is 5.11 Å². The molecule has 0 saturated carbocycles. The summed E-state index contributed by atoms with van der Waals surface area (Å²) in [5, 5.41) is 13.1. The first kappa shape index (κ1) is 11.3. The van der Waals surface area contributed by atoms with Crippen LogP contribution in [-0.2, 0) is 0 Å². The van der Waals surface area contributed by atoms with Gasteiger partial charge < -0.3 is 9.63 Å². The maximum Gasteiger partial charge on any atom is 0.268 e. The molecule has 0 spiro atoms. The molecule has 18 heavy (non-hydrogen) atoms. The van der Waals surface area contributed by atoms with Crippen LogP contribution in [0.5, 0.6) is 5.75 Å². The minimum absolute atomic E-state index is 0.201. The van der Waals surface area contributed by atoms with Crippen LogP contribution in [0.1, 0.15) is 0 Å². The zero-order valence-electron chi connectivity index (χ0n) is 9.00. The number of nitrogens with zero attached hydrogens (tertiary/aromatic N) is 2. The van der Waals surface area contributed by atoms with Gasteiger partial charge in [0.25, 0.3) is 5.89 Å². The Morgan fingerprint density at radius 2 is 1.89 bits per heavy atom. The lowest BCUT2D eigenvalue weighted by Crippen LogP contribution is -1.79. The van der Waals surface area contributed by atoms with Crippen molar-refractivity contribution < 1.29 is 9.63 Å². The fourth-order valence-electron chi connectivity index (χ4n) is 1.48. The number of thiophene rings is 1. The highest BCUT2D eigenvalue weighted by Crippen LogP contribution is 2.31. The second kappa shape index (κ2) is 4.44. The van der Waals surface area contributed by atoms with Crippen LogP contribution in [-0.4, -0.2) is 15.2 Å². The molecule has 0 bridgehead atoms. The molecule has 0 aliphatic rings. The molecule has 0 aliphatic heterocycles. The van der Waals surface area contributed by atoms with Gasteiger partial charge in [-0.3, -0.25) is 0 Å². The predicted octanol–water partition coefficient (Wildman–Crippen LogP) is 3.82. The first-order valence-electron chi connectivity index (χ1n) is 5.11. The van der Waals surface area contributed by atoms with Crippen LogP contribution < -0.4 is 0 Å². The Morgan fingerprint density at radius 3 is 2.56 bits per heavy atom. The Kier molecular flexibility index (Phi) is 2.77. The van der Waals surface area contributed by atoms with Gasteiger partial charge in [-0.1, -0.05) is 16.8 Å². The van der Waals surface area contributed by atoms with Gasteiger partial charge in [-0.2, -0.15) is 4.98 Å². The molecule has 0 radical (unpaired) electrons. The van der Waals surface area contributed by atoms with Crippen molar-refractivity contribution in [2.24, 2.45) is 0 Å². The number of phenols is 1. The van der Waals surface area contributed by atoms with Crippen molar-refractivity contribution >= 4 is 22.9 Å². The van der Waals surface area contributed by atoms with Crippen molar-refractivity contribution in [2.75, 3.05) is 0 Å². The quantitative estimate of drug-likeness (QED) is 0.774. The van der Waals surface area contributed by atoms with Crippen LogP contribution in [0.25, 0.3) is 22.2 Å². The molecule has 0 atom stereocenters. The molecule has 0 unspecified atom stereocenters. The van der Waals surface area contributed by atoms with Gasteiger partial charge in [0, 0.05) is 5.56 Å². The molecule has 3 rings (SSSR count). The minimum atomic E-state index is 0.201. The highest BCUT2D eigenvalue weighted by atomic mass is 35.5. The summed E-state index contributed by atoms with van der Waals surface area (Å²) in [7, 11) is 0. The molecule has 1 aromatic carbocycles. The third-order valence-electron chi connectivity index (χ3n) is 2.34. The Bertz CT molecular complexity index is 675. The zero-order chi connectivity index (χ0) is 12.5. The van der Waals surface area contributed by atoms with Gasteiger partial charge in [-0.05, 0) is 36.4 Å². The average molecular weight is 279 g/mol. The number of hydrogen-bond donors (Lipinski definition) is 1. The van der Waals surface area contributed by atoms with E-state index in [1.807, 2.05) is 6.07 Å². The third-order valence-corrected chi connectivity index (χ3v) is 3.55. The van der Waals surface area contributed by atoms with Crippen LogP contribution >= 0.6 is 22.9 Å². The topological polar surface area (TPSA) is 59.2 Å². The standard InChI is InChI=1S/C12H7ClN2O2S/c13-10-6-5-9(18-10)12-14-11(15-17-12)7-1-3-8(16)4-2-7/h1-6,16H. The molecule has 1 N–H and O–H groups in total. The van der Waals surface area contributed by atoms with Crippen molar-refractivity contribution in [1.82, 2.24) is 10.1 Å². The smallest absolute Gasteiger partial charge is 0.268 e. The van der Waals surface area contributed by atoms with Crippen molar-refractivity contribution in [3.05, 3.63) is 40.7 Å². The predicted molar refractivity (Wildman–Crippen MR) is 69.7 cm³/mol. The normalized spacial score (nSPS) is 10.7. The lowest BCUT2D eigenvalue weighted by Gasteiger charge is -1.93. The maximum atomic E-state index is 9.21. The summed E-state index contributed by atoms with van der Waals surface area (Å²) in [4.78, 5) is 5.12. The van der Waals surface area contributed by atoms with E-state index in [0.29, 0.717) is 16.1 Å². The van der Waals surface area contributed by atoms with Gasteiger partial charge in [-0.25, -0.2) is 0 Å². The molecule has 90 valence electrons. The summed E-state index contributed by atoms with van der Waals surface area (Å²) in [5.41, 5.74) is 0.783. The van der Waals surface area contributed by atoms with Crippen molar-refractivity contribution in [1.29, 1.82) is 0 Å². The number of halogens is 1. The van der Waals surface area contributed by atoms with E-state index in [1.54, 1.807) is 30.3 Å². The summed E-state index contributed by atoms with van der Waals surface area (Å²) in [6.45, 7) is 0. The average Bonchev–Trinajstić information content (AvgIpc) is 2.98. The van der Waals surface area contributed by atoms with E-state index >= 15 is 0 Å². The number of phenolic OH excluding ortho intramolecular Hbond substituents is 1. The van der Waals surface area contributed by atoms with Crippen LogP contribution in [0.3, 0.4) is 0 Å². The number of hydrogen-bond acceptors (Lipinski definition) is 5. The highest BCUT2D eigenvalue weighted by molar-refractivity contribution is 7.19. The molecule has 0 amide bonds. The fraction of sp³-hybridized carbons (Fsp3) is 0. The first-order chi connectivity index (χ1) is 8.72. The van der Waals surface area contributed by atoms with Crippen molar-refractivity contribution in [2.45, 2.75) is 0 Å². The SMILES string of the molecule is Oc1ccc(-c2noc(-c3ccc(Cl)s3)n2)cc1. The monoisotopic (exact) mass is 278 g/mol. The molecule has 0 aliphatic carbocycles. The molecule has 3 aromatic rings. The Labute approximate surface area is 111 Å². The van der Waals surface area contributed by atoms with Gasteiger partial charge in [0.2, 0.25) is 5.82 Å². The lowest BCUT2D eigenvalue weighted by molar-refractivity contribution is 0.433. The van der Waals surface area contributed by atoms with Gasteiger partial charge in [0.1, 0.15) is 5.75 Å². The van der Waals surface area contributed by atoms with Crippen LogP contribution in [0.4, 0.5) is 0 Å². The van der Waals surface area contributed by atoms with E-state index in [4.69, 9.17) is 16.1 Å². The lowest BCUT2D eigenvalue weighted by atomic mass is 10.2. The summed E-state index contributed by atoms with van der Waals surface area (Å²) in [6, 6.07) is 10.2. The summed E-state index contributed by atoms with van der Waals surface area (Å²) in [5.74, 6) is 1.12. The first-order valence-corrected chi connectivity index (χ1v) is 6.30. The summed E-state index contributed by atoms with van der Waals surface area (Å²) in [6.07, 6.45) is 0. The van der Waals surface area contributed by atoms with E-state index in [1.165, 1.54) is 11.3 Å². The van der Waals surface area contributed by atoms with Crippen molar-refractivity contribution in [3.8, 4) is 27.9 Å². The highest BCUT2D eigenvalue weighted by Gasteiger charge is 2.12. The fourth-order valence-corrected chi connectivity index (χ4v) is 2.45. The molecule has 2 heterocycles. The molecule has 4 nitrogen and oxygen atoms in total. The third kappa shape index (κ3) is 2.10. The molecular formula is C12H7ClN2O2S. The molecule has 2 aromatic heterocycles. The Balaban J connectivity index is 1.96. The van der Waals surface area contributed by atoms with Crippen LogP contribution in [0.15, 0.2) is 40.9 Å². The molecular weight excluding hydrogens is 272 g/mol. The summed E-state index contributed by atoms with van der Waals surface area (Å²) >= 11 is 7.23. The number of rotatable bonds is 2. The maximum absolute atomic E-state index is 9.21. The van der Waals surface area contributed by atoms with E-state index in [0.717, 1.165) is 10.4 Å². The zero-order valence-corrected chi connectivity index (χ0v) is 10.6. The van der Waals surface area contributed by atoms with Gasteiger partial charge in [0.15, 0.2) is 0 Å². The van der Waals surface area contributed by atoms with Gasteiger partial charge >= 0.3 is 0 Å². The number of aromatic nitrogens is 2. The second-order valence-electron chi connectivity index (χ2n) is 3.57. The molecule has 6 heteroatoms. The van der Waals surface area contributed by atoms with Gasteiger partial charge in [-0.15, -0.1) is 11.3 Å². The van der Waals surface area contributed by atoms with E-state index < -0.39 is 0 Å². The number of benzene rings is 1. The Morgan fingerprint density at radius 1 is 1.11 bits per heavy atom. The van der Waals surface area contributed by atoms with E-state index in [-0.39, 0.29) is 5.75 Å². The summed E-state index contributed by atoms with van der Waals surface area (Å²) < 4.78 is 5.85. The second-order valence-corrected chi connectivity index (χ2v) is 5.29. The molecule has 0 saturated heterocycles. The minimum Gasteiger partial charge on any atom is -0.508 e. The van der Waals surface area contributed by atoms with Crippen LogP contribution in [0.2, 0.25) is 4.34 Å². The van der Waals surface area contributed by atoms with Crippen LogP contribution in [0, 0.1) is 0 Å². The molecule has 0 fully saturated rings. The van der Waals surface area contributed by atoms with Gasteiger partial charge in [0.05, 0.1) is 9.21 Å².